The van der Waals surface area contributed by atoms with Crippen molar-refractivity contribution in [2.75, 3.05) is 6.61 Å². The summed E-state index contributed by atoms with van der Waals surface area (Å²) in [4.78, 5) is 10.4. The summed E-state index contributed by atoms with van der Waals surface area (Å²) >= 11 is 0. The van der Waals surface area contributed by atoms with Gasteiger partial charge in [-0.05, 0) is 12.8 Å². The predicted octanol–water partition coefficient (Wildman–Crippen LogP) is 1.68. The Morgan fingerprint density at radius 1 is 1.50 bits per heavy atom. The minimum absolute atomic E-state index is 0.357. The van der Waals surface area contributed by atoms with Gasteiger partial charge >= 0.3 is 5.97 Å². The fourth-order valence-electron chi connectivity index (χ4n) is 0.459. The monoisotopic (exact) mass is 140 g/mol. The second-order valence-corrected chi connectivity index (χ2v) is 1.80. The van der Waals surface area contributed by atoms with Crippen molar-refractivity contribution in [2.24, 2.45) is 0 Å². The van der Waals surface area contributed by atoms with Crippen LogP contribution in [0.5, 0.6) is 0 Å². The molecule has 0 bridgehead atoms. The molecule has 0 aliphatic rings. The fourth-order valence-corrected chi connectivity index (χ4v) is 0.459. The third-order valence-electron chi connectivity index (χ3n) is 0.964. The molecule has 0 saturated heterocycles. The van der Waals surface area contributed by atoms with Gasteiger partial charge in [0.1, 0.15) is 0 Å². The number of allylic oxidation sites excluding steroid dienone is 1. The van der Waals surface area contributed by atoms with Gasteiger partial charge in [-0.3, -0.25) is 0 Å². The van der Waals surface area contributed by atoms with E-state index >= 15 is 0 Å². The normalized spacial score (nSPS) is 8.40. The van der Waals surface area contributed by atoms with Gasteiger partial charge < -0.3 is 4.74 Å². The minimum Gasteiger partial charge on any atom is -0.463 e. The molecular formula is C8H12O2. The van der Waals surface area contributed by atoms with E-state index in [1.165, 1.54) is 0 Å². The first-order valence-corrected chi connectivity index (χ1v) is 3.21. The molecule has 0 amide bonds. The molecule has 0 aliphatic carbocycles. The van der Waals surface area contributed by atoms with E-state index < -0.39 is 0 Å². The van der Waals surface area contributed by atoms with Gasteiger partial charge in [0.15, 0.2) is 0 Å². The number of esters is 1. The molecule has 0 atom stereocenters. The number of unbranched alkanes of at least 4 members (excludes halogenated alkanes) is 1. The second-order valence-electron chi connectivity index (χ2n) is 1.80. The van der Waals surface area contributed by atoms with E-state index in [9.17, 15) is 4.79 Å². The molecule has 0 spiro atoms. The second kappa shape index (κ2) is 6.08. The van der Waals surface area contributed by atoms with Gasteiger partial charge in [-0.2, -0.15) is 0 Å². The molecule has 2 heteroatoms. The van der Waals surface area contributed by atoms with Crippen molar-refractivity contribution in [3.05, 3.63) is 25.3 Å². The first-order valence-electron chi connectivity index (χ1n) is 3.21. The summed E-state index contributed by atoms with van der Waals surface area (Å²) in [6.45, 7) is 7.26. The van der Waals surface area contributed by atoms with Crippen LogP contribution in [0.2, 0.25) is 0 Å². The van der Waals surface area contributed by atoms with Crippen LogP contribution in [-0.2, 0) is 9.53 Å². The van der Waals surface area contributed by atoms with Crippen LogP contribution in [0.3, 0.4) is 0 Å². The van der Waals surface area contributed by atoms with Crippen LogP contribution in [0.25, 0.3) is 0 Å². The van der Waals surface area contributed by atoms with Gasteiger partial charge in [0.25, 0.3) is 0 Å². The maximum atomic E-state index is 10.4. The highest BCUT2D eigenvalue weighted by Gasteiger charge is 1.91. The molecule has 0 fully saturated rings. The van der Waals surface area contributed by atoms with Gasteiger partial charge in [-0.1, -0.05) is 12.7 Å². The quantitative estimate of drug-likeness (QED) is 0.251. The Kier molecular flexibility index (Phi) is 5.44. The maximum Gasteiger partial charge on any atom is 0.330 e. The van der Waals surface area contributed by atoms with Gasteiger partial charge in [0.05, 0.1) is 6.61 Å². The lowest BCUT2D eigenvalue weighted by atomic mass is 10.3. The van der Waals surface area contributed by atoms with E-state index in [-0.39, 0.29) is 5.97 Å². The van der Waals surface area contributed by atoms with Crippen LogP contribution in [0, 0.1) is 0 Å². The van der Waals surface area contributed by atoms with Crippen LogP contribution in [0.4, 0.5) is 0 Å². The maximum absolute atomic E-state index is 10.4. The summed E-state index contributed by atoms with van der Waals surface area (Å²) in [6, 6.07) is 0. The highest BCUT2D eigenvalue weighted by Crippen LogP contribution is 1.90. The number of rotatable bonds is 5. The number of carbonyl (C=O) groups excluding carboxylic acids is 1. The summed E-state index contributed by atoms with van der Waals surface area (Å²) in [7, 11) is 0. The van der Waals surface area contributed by atoms with E-state index in [1.54, 1.807) is 6.08 Å². The van der Waals surface area contributed by atoms with Crippen molar-refractivity contribution in [1.82, 2.24) is 0 Å². The summed E-state index contributed by atoms with van der Waals surface area (Å²) in [5, 5.41) is 0. The minimum atomic E-state index is -0.357. The zero-order valence-electron chi connectivity index (χ0n) is 6.01. The van der Waals surface area contributed by atoms with Crippen molar-refractivity contribution in [2.45, 2.75) is 12.8 Å². The Hall–Kier alpha value is -1.05. The highest BCUT2D eigenvalue weighted by molar-refractivity contribution is 5.81. The van der Waals surface area contributed by atoms with Crippen molar-refractivity contribution >= 4 is 5.97 Å². The molecule has 0 saturated carbocycles. The molecule has 0 heterocycles. The van der Waals surface area contributed by atoms with E-state index in [4.69, 9.17) is 0 Å². The van der Waals surface area contributed by atoms with Crippen LogP contribution < -0.4 is 0 Å². The van der Waals surface area contributed by atoms with Crippen molar-refractivity contribution in [1.29, 1.82) is 0 Å². The van der Waals surface area contributed by atoms with E-state index in [2.05, 4.69) is 17.9 Å². The molecule has 2 nitrogen and oxygen atoms in total. The highest BCUT2D eigenvalue weighted by atomic mass is 16.5. The largest absolute Gasteiger partial charge is 0.463 e. The zero-order chi connectivity index (χ0) is 7.82. The first kappa shape index (κ1) is 8.95. The van der Waals surface area contributed by atoms with Gasteiger partial charge in [-0.15, -0.1) is 6.58 Å². The van der Waals surface area contributed by atoms with Crippen LogP contribution in [-0.4, -0.2) is 12.6 Å². The number of hydrogen-bond donors (Lipinski definition) is 0. The van der Waals surface area contributed by atoms with E-state index in [1.807, 2.05) is 0 Å². The van der Waals surface area contributed by atoms with Crippen molar-refractivity contribution in [3.8, 4) is 0 Å². The third kappa shape index (κ3) is 5.09. The molecule has 0 aromatic heterocycles. The summed E-state index contributed by atoms with van der Waals surface area (Å²) in [5.41, 5.74) is 0. The third-order valence-corrected chi connectivity index (χ3v) is 0.964. The lowest BCUT2D eigenvalue weighted by molar-refractivity contribution is -0.137. The van der Waals surface area contributed by atoms with Gasteiger partial charge in [0.2, 0.25) is 0 Å². The summed E-state index contributed by atoms with van der Waals surface area (Å²) < 4.78 is 4.69. The van der Waals surface area contributed by atoms with E-state index in [0.717, 1.165) is 18.9 Å². The van der Waals surface area contributed by atoms with Gasteiger partial charge in [-0.25, -0.2) is 4.79 Å². The molecule has 0 aromatic carbocycles. The Morgan fingerprint density at radius 3 is 2.70 bits per heavy atom. The Bertz CT molecular complexity index is 127. The number of carbonyl (C=O) groups is 1. The van der Waals surface area contributed by atoms with Crippen LogP contribution in [0.15, 0.2) is 25.3 Å². The number of ether oxygens (including phenoxy) is 1. The smallest absolute Gasteiger partial charge is 0.330 e. The Morgan fingerprint density at radius 2 is 2.20 bits per heavy atom. The lowest BCUT2D eigenvalue weighted by Crippen LogP contribution is -2.00. The van der Waals surface area contributed by atoms with Gasteiger partial charge in [0, 0.05) is 6.08 Å². The lowest BCUT2D eigenvalue weighted by Gasteiger charge is -1.97. The van der Waals surface area contributed by atoms with Crippen LogP contribution in [0.1, 0.15) is 12.8 Å². The molecule has 0 aromatic rings. The average Bonchev–Trinajstić information content (AvgIpc) is 1.98. The van der Waals surface area contributed by atoms with Crippen LogP contribution >= 0.6 is 0 Å². The molecule has 0 unspecified atom stereocenters. The standard InChI is InChI=1S/C8H12O2/c1-3-5-6-7-10-8(9)4-2/h3-4H,1-2,5-7H2. The Labute approximate surface area is 61.2 Å². The molecule has 0 N–H and O–H groups in total. The molecule has 0 aliphatic heterocycles. The topological polar surface area (TPSA) is 26.3 Å². The van der Waals surface area contributed by atoms with Crippen molar-refractivity contribution in [3.63, 3.8) is 0 Å². The summed E-state index contributed by atoms with van der Waals surface area (Å²) in [6.07, 6.45) is 4.67. The first-order chi connectivity index (χ1) is 4.81. The molecule has 56 valence electrons. The predicted molar refractivity (Wildman–Crippen MR) is 40.6 cm³/mol. The summed E-state index contributed by atoms with van der Waals surface area (Å²) in [5.74, 6) is -0.357. The average molecular weight is 140 g/mol. The van der Waals surface area contributed by atoms with Crippen molar-refractivity contribution < 1.29 is 9.53 Å². The molecule has 0 radical (unpaired) electrons. The molecule has 10 heavy (non-hydrogen) atoms. The zero-order valence-corrected chi connectivity index (χ0v) is 6.01. The molecule has 0 rings (SSSR count). The molecular weight excluding hydrogens is 128 g/mol. The fraction of sp³-hybridized carbons (Fsp3) is 0.375. The SMILES string of the molecule is C=CCCCOC(=O)C=C. The van der Waals surface area contributed by atoms with E-state index in [0.29, 0.717) is 6.61 Å². The number of hydrogen-bond acceptors (Lipinski definition) is 2. The Balaban J connectivity index is 3.11.